The van der Waals surface area contributed by atoms with E-state index >= 15 is 0 Å². The lowest BCUT2D eigenvalue weighted by atomic mass is 10.1. The number of rotatable bonds is 5. The molecule has 2 aromatic carbocycles. The predicted octanol–water partition coefficient (Wildman–Crippen LogP) is 3.06. The van der Waals surface area contributed by atoms with Gasteiger partial charge in [0.1, 0.15) is 5.82 Å². The first-order valence-corrected chi connectivity index (χ1v) is 8.91. The predicted molar refractivity (Wildman–Crippen MR) is 98.0 cm³/mol. The Morgan fingerprint density at radius 2 is 1.68 bits per heavy atom. The first-order chi connectivity index (χ1) is 12.1. The van der Waals surface area contributed by atoms with Crippen molar-refractivity contribution in [1.82, 2.24) is 9.80 Å². The van der Waals surface area contributed by atoms with E-state index in [-0.39, 0.29) is 11.7 Å². The molecule has 1 fully saturated rings. The molecule has 3 rings (SSSR count). The van der Waals surface area contributed by atoms with Crippen molar-refractivity contribution in [2.45, 2.75) is 19.8 Å². The van der Waals surface area contributed by atoms with E-state index in [0.717, 1.165) is 43.9 Å². The van der Waals surface area contributed by atoms with Crippen LogP contribution in [0.15, 0.2) is 48.5 Å². The van der Waals surface area contributed by atoms with E-state index in [1.165, 1.54) is 11.6 Å². The molecule has 25 heavy (non-hydrogen) atoms. The molecular formula is C21H25FN2O. The second kappa shape index (κ2) is 8.26. The van der Waals surface area contributed by atoms with E-state index in [4.69, 9.17) is 0 Å². The van der Waals surface area contributed by atoms with Gasteiger partial charge in [0.05, 0.1) is 6.42 Å². The summed E-state index contributed by atoms with van der Waals surface area (Å²) in [4.78, 5) is 16.7. The summed E-state index contributed by atoms with van der Waals surface area (Å²) in [5, 5.41) is 0. The average Bonchev–Trinajstić information content (AvgIpc) is 2.63. The zero-order valence-electron chi connectivity index (χ0n) is 14.7. The summed E-state index contributed by atoms with van der Waals surface area (Å²) in [6.45, 7) is 6.10. The summed E-state index contributed by atoms with van der Waals surface area (Å²) in [7, 11) is 0. The maximum absolute atomic E-state index is 13.7. The number of piperazine rings is 1. The van der Waals surface area contributed by atoms with E-state index in [9.17, 15) is 9.18 Å². The Labute approximate surface area is 149 Å². The van der Waals surface area contributed by atoms with Gasteiger partial charge >= 0.3 is 0 Å². The fourth-order valence-electron chi connectivity index (χ4n) is 3.19. The van der Waals surface area contributed by atoms with Crippen molar-refractivity contribution < 1.29 is 9.18 Å². The quantitative estimate of drug-likeness (QED) is 0.835. The Morgan fingerprint density at radius 3 is 2.36 bits per heavy atom. The maximum Gasteiger partial charge on any atom is 0.227 e. The SMILES string of the molecule is Cc1ccc(CC(=O)N2CCN(CCc3ccccc3F)CC2)cc1. The smallest absolute Gasteiger partial charge is 0.227 e. The Hall–Kier alpha value is -2.20. The third kappa shape index (κ3) is 4.89. The molecule has 0 aromatic heterocycles. The first-order valence-electron chi connectivity index (χ1n) is 8.91. The van der Waals surface area contributed by atoms with Crippen LogP contribution in [-0.2, 0) is 17.6 Å². The number of carbonyl (C=O) groups excluding carboxylic acids is 1. The second-order valence-corrected chi connectivity index (χ2v) is 6.73. The molecular weight excluding hydrogens is 315 g/mol. The van der Waals surface area contributed by atoms with E-state index < -0.39 is 0 Å². The van der Waals surface area contributed by atoms with Gasteiger partial charge in [0.15, 0.2) is 0 Å². The van der Waals surface area contributed by atoms with E-state index in [1.807, 2.05) is 48.2 Å². The third-order valence-electron chi connectivity index (χ3n) is 4.86. The molecule has 0 bridgehead atoms. The zero-order valence-corrected chi connectivity index (χ0v) is 14.7. The molecule has 1 saturated heterocycles. The van der Waals surface area contributed by atoms with Gasteiger partial charge in [-0.1, -0.05) is 48.0 Å². The molecule has 3 nitrogen and oxygen atoms in total. The minimum Gasteiger partial charge on any atom is -0.340 e. The van der Waals surface area contributed by atoms with Gasteiger partial charge < -0.3 is 4.90 Å². The van der Waals surface area contributed by atoms with Crippen molar-refractivity contribution in [2.24, 2.45) is 0 Å². The Bertz CT molecular complexity index is 706. The van der Waals surface area contributed by atoms with Gasteiger partial charge in [0, 0.05) is 32.7 Å². The molecule has 132 valence electrons. The third-order valence-corrected chi connectivity index (χ3v) is 4.86. The highest BCUT2D eigenvalue weighted by molar-refractivity contribution is 5.78. The largest absolute Gasteiger partial charge is 0.340 e. The van der Waals surface area contributed by atoms with Gasteiger partial charge in [0.2, 0.25) is 5.91 Å². The number of hydrogen-bond donors (Lipinski definition) is 0. The number of halogens is 1. The molecule has 0 saturated carbocycles. The number of amides is 1. The summed E-state index contributed by atoms with van der Waals surface area (Å²) < 4.78 is 13.7. The summed E-state index contributed by atoms with van der Waals surface area (Å²) in [6.07, 6.45) is 1.18. The number of carbonyl (C=O) groups is 1. The molecule has 0 unspecified atom stereocenters. The van der Waals surface area contributed by atoms with Crippen LogP contribution in [0, 0.1) is 12.7 Å². The van der Waals surface area contributed by atoms with Crippen molar-refractivity contribution in [3.63, 3.8) is 0 Å². The van der Waals surface area contributed by atoms with Gasteiger partial charge in [-0.05, 0) is 30.5 Å². The van der Waals surface area contributed by atoms with Crippen molar-refractivity contribution in [3.05, 3.63) is 71.0 Å². The second-order valence-electron chi connectivity index (χ2n) is 6.73. The van der Waals surface area contributed by atoms with Crippen LogP contribution in [0.3, 0.4) is 0 Å². The van der Waals surface area contributed by atoms with Gasteiger partial charge in [-0.15, -0.1) is 0 Å². The number of aryl methyl sites for hydroxylation is 1. The molecule has 0 N–H and O–H groups in total. The summed E-state index contributed by atoms with van der Waals surface area (Å²) in [5.74, 6) is 0.0621. The average molecular weight is 340 g/mol. The Balaban J connectivity index is 1.44. The van der Waals surface area contributed by atoms with E-state index in [1.54, 1.807) is 6.07 Å². The minimum absolute atomic E-state index is 0.130. The van der Waals surface area contributed by atoms with Crippen LogP contribution in [0.5, 0.6) is 0 Å². The van der Waals surface area contributed by atoms with Crippen LogP contribution in [0.2, 0.25) is 0 Å². The Kier molecular flexibility index (Phi) is 5.82. The topological polar surface area (TPSA) is 23.6 Å². The highest BCUT2D eigenvalue weighted by Gasteiger charge is 2.21. The number of nitrogens with zero attached hydrogens (tertiary/aromatic N) is 2. The van der Waals surface area contributed by atoms with Crippen LogP contribution < -0.4 is 0 Å². The summed E-state index contributed by atoms with van der Waals surface area (Å²) in [5.41, 5.74) is 3.04. The van der Waals surface area contributed by atoms with Crippen LogP contribution >= 0.6 is 0 Å². The van der Waals surface area contributed by atoms with Gasteiger partial charge in [0.25, 0.3) is 0 Å². The monoisotopic (exact) mass is 340 g/mol. The molecule has 0 spiro atoms. The lowest BCUT2D eigenvalue weighted by Crippen LogP contribution is -2.49. The van der Waals surface area contributed by atoms with Gasteiger partial charge in [-0.25, -0.2) is 4.39 Å². The fourth-order valence-corrected chi connectivity index (χ4v) is 3.19. The van der Waals surface area contributed by atoms with Crippen LogP contribution in [0.25, 0.3) is 0 Å². The lowest BCUT2D eigenvalue weighted by Gasteiger charge is -2.34. The summed E-state index contributed by atoms with van der Waals surface area (Å²) >= 11 is 0. The number of hydrogen-bond acceptors (Lipinski definition) is 2. The van der Waals surface area contributed by atoms with Gasteiger partial charge in [-0.2, -0.15) is 0 Å². The summed E-state index contributed by atoms with van der Waals surface area (Å²) in [6, 6.07) is 15.1. The molecule has 0 radical (unpaired) electrons. The molecule has 2 aromatic rings. The molecule has 0 aliphatic carbocycles. The van der Waals surface area contributed by atoms with Crippen LogP contribution in [0.1, 0.15) is 16.7 Å². The van der Waals surface area contributed by atoms with Crippen LogP contribution in [-0.4, -0.2) is 48.4 Å². The fraction of sp³-hybridized carbons (Fsp3) is 0.381. The van der Waals surface area contributed by atoms with Gasteiger partial charge in [-0.3, -0.25) is 9.69 Å². The number of benzene rings is 2. The van der Waals surface area contributed by atoms with Crippen molar-refractivity contribution in [3.8, 4) is 0 Å². The molecule has 0 atom stereocenters. The standard InChI is InChI=1S/C21H25FN2O/c1-17-6-8-18(9-7-17)16-21(25)24-14-12-23(13-15-24)11-10-19-4-2-3-5-20(19)22/h2-9H,10-16H2,1H3. The zero-order chi connectivity index (χ0) is 17.6. The minimum atomic E-state index is -0.130. The Morgan fingerprint density at radius 1 is 1.00 bits per heavy atom. The maximum atomic E-state index is 13.7. The highest BCUT2D eigenvalue weighted by atomic mass is 19.1. The first kappa shape index (κ1) is 17.6. The lowest BCUT2D eigenvalue weighted by molar-refractivity contribution is -0.132. The normalized spacial score (nSPS) is 15.4. The molecule has 1 amide bonds. The van der Waals surface area contributed by atoms with E-state index in [0.29, 0.717) is 12.8 Å². The van der Waals surface area contributed by atoms with Crippen LogP contribution in [0.4, 0.5) is 4.39 Å². The highest BCUT2D eigenvalue weighted by Crippen LogP contribution is 2.11. The molecule has 4 heteroatoms. The molecule has 1 heterocycles. The van der Waals surface area contributed by atoms with Crippen molar-refractivity contribution >= 4 is 5.91 Å². The van der Waals surface area contributed by atoms with Crippen molar-refractivity contribution in [2.75, 3.05) is 32.7 Å². The molecule has 1 aliphatic heterocycles. The van der Waals surface area contributed by atoms with Crippen molar-refractivity contribution in [1.29, 1.82) is 0 Å². The molecule has 1 aliphatic rings. The van der Waals surface area contributed by atoms with E-state index in [2.05, 4.69) is 4.90 Å².